The van der Waals surface area contributed by atoms with E-state index < -0.39 is 0 Å². The summed E-state index contributed by atoms with van der Waals surface area (Å²) in [6.45, 7) is 12.2. The quantitative estimate of drug-likeness (QED) is 0.184. The maximum Gasteiger partial charge on any atom is 0.339 e. The van der Waals surface area contributed by atoms with E-state index in [2.05, 4.69) is 68.9 Å². The maximum atomic E-state index is 12.2. The van der Waals surface area contributed by atoms with E-state index in [4.69, 9.17) is 20.4 Å². The van der Waals surface area contributed by atoms with Gasteiger partial charge in [-0.25, -0.2) is 19.7 Å². The van der Waals surface area contributed by atoms with Gasteiger partial charge in [0, 0.05) is 55.4 Å². The SMILES string of the molecule is C=C1C(=C)N(C2CCN(Cc3ccc(-n4c(-c5cccnc5N)nc5ccc(-c6ccccc6)nc54)cc3)CC2)CCCOC1=O. The Morgan fingerprint density at radius 2 is 1.67 bits per heavy atom. The fraction of sp³-hybridized carbons (Fsp3) is 0.243. The van der Waals surface area contributed by atoms with E-state index in [-0.39, 0.29) is 5.97 Å². The molecule has 5 aromatic rings. The van der Waals surface area contributed by atoms with E-state index in [1.807, 2.05) is 42.5 Å². The lowest BCUT2D eigenvalue weighted by atomic mass is 10.00. The van der Waals surface area contributed by atoms with Crippen LogP contribution in [0.4, 0.5) is 5.82 Å². The van der Waals surface area contributed by atoms with Crippen molar-refractivity contribution in [3.63, 3.8) is 0 Å². The Hall–Kier alpha value is -5.28. The number of fused-ring (bicyclic) bond motifs is 1. The zero-order valence-corrected chi connectivity index (χ0v) is 25.8. The van der Waals surface area contributed by atoms with Crippen LogP contribution in [0.15, 0.2) is 109 Å². The van der Waals surface area contributed by atoms with Gasteiger partial charge in [0.05, 0.1) is 23.4 Å². The first-order chi connectivity index (χ1) is 22.5. The molecule has 5 heterocycles. The van der Waals surface area contributed by atoms with Crippen LogP contribution in [0.3, 0.4) is 0 Å². The van der Waals surface area contributed by atoms with E-state index >= 15 is 0 Å². The second kappa shape index (κ2) is 12.6. The molecule has 0 bridgehead atoms. The summed E-state index contributed by atoms with van der Waals surface area (Å²) in [6.07, 6.45) is 4.50. The number of aromatic nitrogens is 4. The molecule has 46 heavy (non-hydrogen) atoms. The van der Waals surface area contributed by atoms with Gasteiger partial charge in [-0.1, -0.05) is 55.6 Å². The Balaban J connectivity index is 1.12. The van der Waals surface area contributed by atoms with Gasteiger partial charge < -0.3 is 15.4 Å². The standard InChI is InChI=1S/C37H37N7O2/c1-25-26(2)43(20-7-23-46-37(25)45)29-17-21-42(22-18-29)24-27-11-13-30(14-12-27)44-35(31-10-6-19-39-34(31)38)41-33-16-15-32(40-36(33)44)28-8-4-3-5-9-28/h3-6,8-16,19,29H,1-2,7,17-18,20-24H2,(H2,38,39). The molecular weight excluding hydrogens is 574 g/mol. The van der Waals surface area contributed by atoms with Crippen LogP contribution < -0.4 is 5.73 Å². The fourth-order valence-corrected chi connectivity index (χ4v) is 6.47. The molecule has 0 aliphatic carbocycles. The minimum absolute atomic E-state index is 0.343. The number of ether oxygens (including phenoxy) is 1. The molecule has 0 spiro atoms. The van der Waals surface area contributed by atoms with Crippen LogP contribution in [0.1, 0.15) is 24.8 Å². The number of nitrogens with zero attached hydrogens (tertiary/aromatic N) is 6. The average molecular weight is 612 g/mol. The van der Waals surface area contributed by atoms with Crippen molar-refractivity contribution < 1.29 is 9.53 Å². The first kappa shape index (κ1) is 29.4. The monoisotopic (exact) mass is 611 g/mol. The van der Waals surface area contributed by atoms with Crippen molar-refractivity contribution in [1.82, 2.24) is 29.3 Å². The van der Waals surface area contributed by atoms with E-state index in [1.165, 1.54) is 5.56 Å². The second-order valence-corrected chi connectivity index (χ2v) is 11.9. The first-order valence-electron chi connectivity index (χ1n) is 15.8. The molecule has 232 valence electrons. The Morgan fingerprint density at radius 3 is 2.43 bits per heavy atom. The summed E-state index contributed by atoms with van der Waals surface area (Å²) >= 11 is 0. The zero-order chi connectivity index (χ0) is 31.6. The number of cyclic esters (lactones) is 1. The number of esters is 1. The Bertz CT molecular complexity index is 1910. The molecule has 2 saturated heterocycles. The Labute approximate surface area is 268 Å². The van der Waals surface area contributed by atoms with E-state index in [1.54, 1.807) is 6.20 Å². The molecule has 0 unspecified atom stereocenters. The molecule has 2 aromatic carbocycles. The summed E-state index contributed by atoms with van der Waals surface area (Å²) in [5.41, 5.74) is 13.8. The number of piperidine rings is 1. The number of hydrogen-bond acceptors (Lipinski definition) is 8. The minimum atomic E-state index is -0.359. The lowest BCUT2D eigenvalue weighted by Crippen LogP contribution is -2.45. The topological polar surface area (TPSA) is 102 Å². The number of pyridine rings is 2. The highest BCUT2D eigenvalue weighted by molar-refractivity contribution is 5.92. The van der Waals surface area contributed by atoms with Gasteiger partial charge in [-0.05, 0) is 61.2 Å². The van der Waals surface area contributed by atoms with Crippen LogP contribution in [-0.2, 0) is 16.1 Å². The number of hydrogen-bond donors (Lipinski definition) is 1. The predicted molar refractivity (Wildman–Crippen MR) is 181 cm³/mol. The number of likely N-dealkylation sites (tertiary alicyclic amines) is 1. The van der Waals surface area contributed by atoms with Crippen molar-refractivity contribution in [2.45, 2.75) is 31.8 Å². The van der Waals surface area contributed by atoms with E-state index in [0.717, 1.165) is 79.1 Å². The average Bonchev–Trinajstić information content (AvgIpc) is 3.47. The molecule has 2 aliphatic rings. The highest BCUT2D eigenvalue weighted by Crippen LogP contribution is 2.32. The molecule has 9 nitrogen and oxygen atoms in total. The van der Waals surface area contributed by atoms with Crippen LogP contribution in [-0.4, -0.2) is 67.6 Å². The van der Waals surface area contributed by atoms with Crippen molar-refractivity contribution in [2.75, 3.05) is 32.0 Å². The van der Waals surface area contributed by atoms with Gasteiger partial charge >= 0.3 is 5.97 Å². The number of rotatable bonds is 6. The summed E-state index contributed by atoms with van der Waals surface area (Å²) in [7, 11) is 0. The zero-order valence-electron chi connectivity index (χ0n) is 25.8. The Kier molecular flexibility index (Phi) is 8.07. The molecule has 2 fully saturated rings. The summed E-state index contributed by atoms with van der Waals surface area (Å²) in [5.74, 6) is 0.767. The number of nitrogen functional groups attached to an aromatic ring is 1. The van der Waals surface area contributed by atoms with Gasteiger partial charge in [0.25, 0.3) is 0 Å². The van der Waals surface area contributed by atoms with E-state index in [0.29, 0.717) is 35.6 Å². The number of anilines is 1. The van der Waals surface area contributed by atoms with Crippen molar-refractivity contribution in [3.8, 4) is 28.3 Å². The molecule has 0 radical (unpaired) electrons. The summed E-state index contributed by atoms with van der Waals surface area (Å²) < 4.78 is 7.32. The van der Waals surface area contributed by atoms with Crippen LogP contribution in [0, 0.1) is 0 Å². The predicted octanol–water partition coefficient (Wildman–Crippen LogP) is 6.01. The van der Waals surface area contributed by atoms with Gasteiger partial charge in [0.15, 0.2) is 11.5 Å². The second-order valence-electron chi connectivity index (χ2n) is 11.9. The molecule has 0 amide bonds. The molecule has 0 saturated carbocycles. The van der Waals surface area contributed by atoms with Gasteiger partial charge in [-0.2, -0.15) is 0 Å². The maximum absolute atomic E-state index is 12.2. The first-order valence-corrected chi connectivity index (χ1v) is 15.8. The summed E-state index contributed by atoms with van der Waals surface area (Å²) in [4.78, 5) is 31.3. The number of benzene rings is 2. The summed E-state index contributed by atoms with van der Waals surface area (Å²) in [5, 5.41) is 0. The number of carbonyl (C=O) groups is 1. The van der Waals surface area contributed by atoms with Crippen LogP contribution >= 0.6 is 0 Å². The molecule has 9 heteroatoms. The molecule has 3 aromatic heterocycles. The highest BCUT2D eigenvalue weighted by Gasteiger charge is 2.29. The molecule has 2 aliphatic heterocycles. The number of carbonyl (C=O) groups excluding carboxylic acids is 1. The minimum Gasteiger partial charge on any atom is -0.462 e. The third-order valence-electron chi connectivity index (χ3n) is 8.97. The van der Waals surface area contributed by atoms with Gasteiger partial charge in [-0.3, -0.25) is 9.47 Å². The fourth-order valence-electron chi connectivity index (χ4n) is 6.47. The van der Waals surface area contributed by atoms with Crippen LogP contribution in [0.2, 0.25) is 0 Å². The van der Waals surface area contributed by atoms with Crippen LogP contribution in [0.25, 0.3) is 39.5 Å². The van der Waals surface area contributed by atoms with Gasteiger partial charge in [0.2, 0.25) is 0 Å². The normalized spacial score (nSPS) is 16.8. The lowest BCUT2D eigenvalue weighted by Gasteiger charge is -2.41. The van der Waals surface area contributed by atoms with Gasteiger partial charge in [0.1, 0.15) is 11.3 Å². The number of imidazole rings is 1. The highest BCUT2D eigenvalue weighted by atomic mass is 16.5. The van der Waals surface area contributed by atoms with Crippen molar-refractivity contribution >= 4 is 23.0 Å². The number of nitrogens with two attached hydrogens (primary N) is 1. The third kappa shape index (κ3) is 5.77. The van der Waals surface area contributed by atoms with Crippen molar-refractivity contribution in [2.24, 2.45) is 0 Å². The van der Waals surface area contributed by atoms with Crippen LogP contribution in [0.5, 0.6) is 0 Å². The van der Waals surface area contributed by atoms with Crippen molar-refractivity contribution in [3.05, 3.63) is 115 Å². The molecule has 2 N–H and O–H groups in total. The third-order valence-corrected chi connectivity index (χ3v) is 8.97. The summed E-state index contributed by atoms with van der Waals surface area (Å²) in [6, 6.07) is 27.0. The molecule has 0 atom stereocenters. The smallest absolute Gasteiger partial charge is 0.339 e. The van der Waals surface area contributed by atoms with E-state index in [9.17, 15) is 4.79 Å². The lowest BCUT2D eigenvalue weighted by molar-refractivity contribution is -0.139. The van der Waals surface area contributed by atoms with Gasteiger partial charge in [-0.15, -0.1) is 0 Å². The largest absolute Gasteiger partial charge is 0.462 e. The Morgan fingerprint density at radius 1 is 0.891 bits per heavy atom. The molecule has 7 rings (SSSR count). The molecular formula is C37H37N7O2. The van der Waals surface area contributed by atoms with Crippen molar-refractivity contribution in [1.29, 1.82) is 0 Å².